The van der Waals surface area contributed by atoms with Crippen LogP contribution in [0.1, 0.15) is 52.9 Å². The second-order valence-electron chi connectivity index (χ2n) is 8.01. The first-order chi connectivity index (χ1) is 10.7. The van der Waals surface area contributed by atoms with Crippen LogP contribution in [0.25, 0.3) is 0 Å². The van der Waals surface area contributed by atoms with E-state index in [2.05, 4.69) is 45.3 Å². The molecule has 0 heterocycles. The molecule has 0 spiro atoms. The van der Waals surface area contributed by atoms with Gasteiger partial charge in [0, 0.05) is 12.8 Å². The van der Waals surface area contributed by atoms with Gasteiger partial charge in [0.15, 0.2) is 0 Å². The molecule has 0 bridgehead atoms. The highest BCUT2D eigenvalue weighted by Crippen LogP contribution is 2.66. The maximum Gasteiger partial charge on any atom is 0.241 e. The number of hydrogen-bond donors (Lipinski definition) is 1. The molecule has 0 aromatic carbocycles. The van der Waals surface area contributed by atoms with Crippen LogP contribution in [0.3, 0.4) is 0 Å². The van der Waals surface area contributed by atoms with Gasteiger partial charge in [0.05, 0.1) is 11.2 Å². The Bertz CT molecular complexity index is 573. The summed E-state index contributed by atoms with van der Waals surface area (Å²) in [5.74, 6) is 8.34. The van der Waals surface area contributed by atoms with E-state index in [9.17, 15) is 5.11 Å². The van der Waals surface area contributed by atoms with Gasteiger partial charge in [-0.2, -0.15) is 0 Å². The van der Waals surface area contributed by atoms with Crippen LogP contribution in [0.2, 0.25) is 19.6 Å². The molecule has 0 unspecified atom stereocenters. The summed E-state index contributed by atoms with van der Waals surface area (Å²) in [6, 6.07) is 0. The molecule has 0 aromatic heterocycles. The predicted molar refractivity (Wildman–Crippen MR) is 99.4 cm³/mol. The fourth-order valence-corrected chi connectivity index (χ4v) is 5.07. The zero-order valence-corrected chi connectivity index (χ0v) is 16.6. The minimum Gasteiger partial charge on any atom is -0.547 e. The minimum atomic E-state index is -1.64. The van der Waals surface area contributed by atoms with Gasteiger partial charge < -0.3 is 9.53 Å². The first-order valence-corrected chi connectivity index (χ1v) is 12.4. The average molecular weight is 333 g/mol. The zero-order chi connectivity index (χ0) is 17.3. The van der Waals surface area contributed by atoms with Crippen molar-refractivity contribution in [3.8, 4) is 11.8 Å². The summed E-state index contributed by atoms with van der Waals surface area (Å²) in [4.78, 5) is 0. The van der Waals surface area contributed by atoms with Crippen LogP contribution in [0.5, 0.6) is 0 Å². The number of unbranched alkanes of at least 4 members (excludes halogenated alkanes) is 2. The second-order valence-corrected chi connectivity index (χ2v) is 12.4. The van der Waals surface area contributed by atoms with E-state index in [1.165, 1.54) is 5.57 Å². The quantitative estimate of drug-likeness (QED) is 0.331. The maximum absolute atomic E-state index is 11.2. The topological polar surface area (TPSA) is 29.5 Å². The first-order valence-electron chi connectivity index (χ1n) is 8.95. The van der Waals surface area contributed by atoms with Crippen LogP contribution < -0.4 is 0 Å². The van der Waals surface area contributed by atoms with E-state index in [0.717, 1.165) is 37.9 Å². The van der Waals surface area contributed by atoms with Crippen LogP contribution in [0, 0.1) is 23.2 Å². The van der Waals surface area contributed by atoms with Crippen molar-refractivity contribution in [3.63, 3.8) is 0 Å². The zero-order valence-electron chi connectivity index (χ0n) is 15.6. The van der Waals surface area contributed by atoms with E-state index in [1.807, 2.05) is 19.1 Å². The fourth-order valence-electron chi connectivity index (χ4n) is 4.10. The highest BCUT2D eigenvalue weighted by atomic mass is 28.4. The Morgan fingerprint density at radius 3 is 2.65 bits per heavy atom. The number of rotatable bonds is 5. The van der Waals surface area contributed by atoms with Gasteiger partial charge in [-0.05, 0) is 57.8 Å². The van der Waals surface area contributed by atoms with Crippen molar-refractivity contribution in [1.29, 1.82) is 0 Å². The molecule has 0 aliphatic heterocycles. The molecular weight excluding hydrogens is 300 g/mol. The standard InChI is InChI=1S/C20H32O2Si/c1-7-9-10-11-13-20-16(3)18(22-23(4,5)6)14-17(20)15-19(20,21)12-8-2/h8,12,17,21H,7,9-10,14-15H2,1-6H3/b12-8-/t17-,19+,20-/m0/s1. The summed E-state index contributed by atoms with van der Waals surface area (Å²) in [5, 5.41) is 11.2. The van der Waals surface area contributed by atoms with Crippen molar-refractivity contribution < 1.29 is 9.53 Å². The monoisotopic (exact) mass is 332 g/mol. The van der Waals surface area contributed by atoms with E-state index in [4.69, 9.17) is 4.43 Å². The third-order valence-electron chi connectivity index (χ3n) is 5.11. The average Bonchev–Trinajstić information content (AvgIpc) is 2.64. The van der Waals surface area contributed by atoms with Crippen molar-refractivity contribution in [2.75, 3.05) is 0 Å². The Labute approximate surface area is 143 Å². The van der Waals surface area contributed by atoms with Crippen LogP contribution in [0.15, 0.2) is 23.5 Å². The lowest BCUT2D eigenvalue weighted by atomic mass is 9.49. The van der Waals surface area contributed by atoms with Crippen molar-refractivity contribution in [1.82, 2.24) is 0 Å². The molecule has 0 radical (unpaired) electrons. The molecule has 1 N–H and O–H groups in total. The Morgan fingerprint density at radius 2 is 2.09 bits per heavy atom. The summed E-state index contributed by atoms with van der Waals surface area (Å²) >= 11 is 0. The number of hydrogen-bond acceptors (Lipinski definition) is 2. The Kier molecular flexibility index (Phi) is 5.18. The fraction of sp³-hybridized carbons (Fsp3) is 0.700. The van der Waals surface area contributed by atoms with Crippen molar-refractivity contribution in [2.45, 2.75) is 78.1 Å². The van der Waals surface area contributed by atoms with Crippen molar-refractivity contribution in [3.05, 3.63) is 23.5 Å². The van der Waals surface area contributed by atoms with E-state index in [0.29, 0.717) is 5.92 Å². The Morgan fingerprint density at radius 1 is 1.39 bits per heavy atom. The van der Waals surface area contributed by atoms with E-state index in [1.54, 1.807) is 0 Å². The molecular formula is C20H32O2Si. The molecule has 2 aliphatic carbocycles. The predicted octanol–water partition coefficient (Wildman–Crippen LogP) is 5.02. The minimum absolute atomic E-state index is 0.393. The van der Waals surface area contributed by atoms with Gasteiger partial charge in [0.1, 0.15) is 5.60 Å². The molecule has 0 saturated heterocycles. The van der Waals surface area contributed by atoms with Crippen molar-refractivity contribution in [2.24, 2.45) is 11.3 Å². The summed E-state index contributed by atoms with van der Waals surface area (Å²) in [7, 11) is -1.64. The molecule has 1 saturated carbocycles. The van der Waals surface area contributed by atoms with E-state index in [-0.39, 0.29) is 0 Å². The van der Waals surface area contributed by atoms with Crippen LogP contribution in [0.4, 0.5) is 0 Å². The van der Waals surface area contributed by atoms with E-state index >= 15 is 0 Å². The molecule has 2 aliphatic rings. The van der Waals surface area contributed by atoms with Gasteiger partial charge >= 0.3 is 0 Å². The molecule has 2 nitrogen and oxygen atoms in total. The van der Waals surface area contributed by atoms with Gasteiger partial charge in [-0.3, -0.25) is 0 Å². The molecule has 0 amide bonds. The van der Waals surface area contributed by atoms with Gasteiger partial charge in [-0.1, -0.05) is 31.4 Å². The molecule has 2 rings (SSSR count). The van der Waals surface area contributed by atoms with Crippen LogP contribution >= 0.6 is 0 Å². The molecule has 128 valence electrons. The molecule has 3 atom stereocenters. The van der Waals surface area contributed by atoms with Gasteiger partial charge in [0.25, 0.3) is 0 Å². The maximum atomic E-state index is 11.2. The molecule has 3 heteroatoms. The third-order valence-corrected chi connectivity index (χ3v) is 5.97. The molecule has 23 heavy (non-hydrogen) atoms. The molecule has 0 aromatic rings. The lowest BCUT2D eigenvalue weighted by Gasteiger charge is -2.55. The van der Waals surface area contributed by atoms with Gasteiger partial charge in [0.2, 0.25) is 8.32 Å². The highest BCUT2D eigenvalue weighted by molar-refractivity contribution is 6.70. The van der Waals surface area contributed by atoms with Crippen molar-refractivity contribution >= 4 is 8.32 Å². The summed E-state index contributed by atoms with van der Waals surface area (Å²) in [6.07, 6.45) is 8.80. The smallest absolute Gasteiger partial charge is 0.241 e. The van der Waals surface area contributed by atoms with Crippen LogP contribution in [-0.4, -0.2) is 19.0 Å². The van der Waals surface area contributed by atoms with Gasteiger partial charge in [-0.25, -0.2) is 0 Å². The number of allylic oxidation sites excluding steroid dienone is 2. The number of aliphatic hydroxyl groups is 1. The Balaban J connectivity index is 2.40. The summed E-state index contributed by atoms with van der Waals surface area (Å²) in [5.41, 5.74) is -0.0940. The third kappa shape index (κ3) is 3.16. The first kappa shape index (κ1) is 18.4. The SMILES string of the molecule is C/C=C\[C@@]1(O)C[C@@H]2CC(O[Si](C)(C)C)=C(C)[C@@]21C#CCCCC. The normalized spacial score (nSPS) is 33.3. The summed E-state index contributed by atoms with van der Waals surface area (Å²) in [6.45, 7) is 12.9. The summed E-state index contributed by atoms with van der Waals surface area (Å²) < 4.78 is 6.33. The lowest BCUT2D eigenvalue weighted by Crippen LogP contribution is -2.60. The van der Waals surface area contributed by atoms with Gasteiger partial charge in [-0.15, -0.1) is 5.92 Å². The Hall–Kier alpha value is -0.983. The molecule has 1 fully saturated rings. The highest BCUT2D eigenvalue weighted by Gasteiger charge is 2.67. The van der Waals surface area contributed by atoms with Crippen LogP contribution in [-0.2, 0) is 4.43 Å². The lowest BCUT2D eigenvalue weighted by molar-refractivity contribution is -0.116. The van der Waals surface area contributed by atoms with E-state index < -0.39 is 19.3 Å². The number of fused-ring (bicyclic) bond motifs is 1. The second kappa shape index (κ2) is 6.49. The largest absolute Gasteiger partial charge is 0.547 e.